The number of hydrogen-bond donors (Lipinski definition) is 2. The first-order valence-electron chi connectivity index (χ1n) is 9.28. The van der Waals surface area contributed by atoms with Gasteiger partial charge in [0.15, 0.2) is 0 Å². The van der Waals surface area contributed by atoms with Gasteiger partial charge in [0, 0.05) is 6.08 Å². The van der Waals surface area contributed by atoms with Crippen molar-refractivity contribution in [1.82, 2.24) is 5.32 Å². The minimum Gasteiger partial charge on any atom is -0.480 e. The zero-order chi connectivity index (χ0) is 20.8. The molecule has 3 aromatic rings. The Hall–Kier alpha value is -3.67. The fourth-order valence-electron chi connectivity index (χ4n) is 3.20. The molecule has 0 unspecified atom stereocenters. The lowest BCUT2D eigenvalue weighted by atomic mass is 9.96. The van der Waals surface area contributed by atoms with Crippen LogP contribution in [-0.4, -0.2) is 35.6 Å². The quantitative estimate of drug-likeness (QED) is 0.364. The van der Waals surface area contributed by atoms with Crippen molar-refractivity contribution in [3.8, 4) is 0 Å². The van der Waals surface area contributed by atoms with Gasteiger partial charge >= 0.3 is 11.9 Å². The van der Waals surface area contributed by atoms with Gasteiger partial charge in [-0.05, 0) is 41.0 Å². The molecule has 6 nitrogen and oxygen atoms in total. The number of rotatable bonds is 7. The summed E-state index contributed by atoms with van der Waals surface area (Å²) in [4.78, 5) is 36.1. The fraction of sp³-hybridized carbons (Fsp3) is 0.174. The largest absolute Gasteiger partial charge is 0.480 e. The van der Waals surface area contributed by atoms with Crippen molar-refractivity contribution < 1.29 is 24.2 Å². The van der Waals surface area contributed by atoms with Crippen LogP contribution in [0.2, 0.25) is 0 Å². The molecular weight excluding hydrogens is 370 g/mol. The van der Waals surface area contributed by atoms with Gasteiger partial charge in [0.25, 0.3) is 5.91 Å². The molecule has 1 atom stereocenters. The van der Waals surface area contributed by atoms with Crippen molar-refractivity contribution in [2.24, 2.45) is 0 Å². The maximum absolute atomic E-state index is 13.1. The molecule has 0 saturated carbocycles. The van der Waals surface area contributed by atoms with Gasteiger partial charge in [-0.1, -0.05) is 54.6 Å². The number of carboxylic acids is 1. The predicted molar refractivity (Wildman–Crippen MR) is 111 cm³/mol. The summed E-state index contributed by atoms with van der Waals surface area (Å²) in [7, 11) is 0. The van der Waals surface area contributed by atoms with E-state index in [-0.39, 0.29) is 13.0 Å². The van der Waals surface area contributed by atoms with Crippen LogP contribution in [0.5, 0.6) is 0 Å². The number of amides is 1. The number of aliphatic carboxylic acids is 1. The molecule has 0 spiro atoms. The number of carbonyl (C=O) groups is 3. The van der Waals surface area contributed by atoms with E-state index < -0.39 is 23.9 Å². The normalized spacial score (nSPS) is 12.2. The van der Waals surface area contributed by atoms with Crippen LogP contribution in [0.3, 0.4) is 0 Å². The fourth-order valence-corrected chi connectivity index (χ4v) is 3.20. The lowest BCUT2D eigenvalue weighted by Gasteiger charge is -2.16. The van der Waals surface area contributed by atoms with Crippen LogP contribution in [0.25, 0.3) is 21.5 Å². The third kappa shape index (κ3) is 4.60. The Morgan fingerprint density at radius 3 is 2.17 bits per heavy atom. The molecule has 6 heteroatoms. The van der Waals surface area contributed by atoms with E-state index >= 15 is 0 Å². The molecule has 148 valence electrons. The van der Waals surface area contributed by atoms with E-state index in [0.29, 0.717) is 5.56 Å². The molecule has 0 radical (unpaired) electrons. The number of fused-ring (bicyclic) bond motifs is 2. The van der Waals surface area contributed by atoms with Crippen molar-refractivity contribution in [2.75, 3.05) is 6.61 Å². The number of ether oxygens (including phenoxy) is 1. The van der Waals surface area contributed by atoms with Crippen molar-refractivity contribution in [3.05, 3.63) is 72.3 Å². The van der Waals surface area contributed by atoms with E-state index in [9.17, 15) is 19.5 Å². The number of hydrogen-bond acceptors (Lipinski definition) is 4. The van der Waals surface area contributed by atoms with E-state index in [2.05, 4.69) is 5.32 Å². The molecule has 1 amide bonds. The molecule has 3 aromatic carbocycles. The first-order chi connectivity index (χ1) is 14.0. The van der Waals surface area contributed by atoms with Gasteiger partial charge in [0.2, 0.25) is 0 Å². The topological polar surface area (TPSA) is 92.7 Å². The molecule has 2 N–H and O–H groups in total. The van der Waals surface area contributed by atoms with Crippen LogP contribution >= 0.6 is 0 Å². The predicted octanol–water partition coefficient (Wildman–Crippen LogP) is 3.69. The Balaban J connectivity index is 1.93. The Labute approximate surface area is 167 Å². The summed E-state index contributed by atoms with van der Waals surface area (Å²) in [6.45, 7) is 1.91. The summed E-state index contributed by atoms with van der Waals surface area (Å²) in [6.07, 6.45) is 2.51. The van der Waals surface area contributed by atoms with Crippen molar-refractivity contribution in [2.45, 2.75) is 19.4 Å². The van der Waals surface area contributed by atoms with Gasteiger partial charge in [0.05, 0.1) is 12.2 Å². The Kier molecular flexibility index (Phi) is 6.24. The van der Waals surface area contributed by atoms with Crippen molar-refractivity contribution in [3.63, 3.8) is 0 Å². The summed E-state index contributed by atoms with van der Waals surface area (Å²) in [5.41, 5.74) is 0.430. The lowest BCUT2D eigenvalue weighted by Crippen LogP contribution is -2.40. The smallest absolute Gasteiger partial charge is 0.330 e. The van der Waals surface area contributed by atoms with Crippen LogP contribution in [-0.2, 0) is 14.3 Å². The van der Waals surface area contributed by atoms with Crippen LogP contribution in [0.15, 0.2) is 66.7 Å². The van der Waals surface area contributed by atoms with Gasteiger partial charge < -0.3 is 15.2 Å². The summed E-state index contributed by atoms with van der Waals surface area (Å²) < 4.78 is 4.77. The highest BCUT2D eigenvalue weighted by molar-refractivity contribution is 6.18. The first-order valence-corrected chi connectivity index (χ1v) is 9.28. The third-order valence-electron chi connectivity index (χ3n) is 4.51. The van der Waals surface area contributed by atoms with Crippen molar-refractivity contribution in [1.29, 1.82) is 0 Å². The van der Waals surface area contributed by atoms with Crippen LogP contribution < -0.4 is 5.32 Å². The minimum absolute atomic E-state index is 0.0391. The molecule has 0 aliphatic rings. The first kappa shape index (κ1) is 20.1. The maximum Gasteiger partial charge on any atom is 0.330 e. The number of carboxylic acid groups (broad SMARTS) is 1. The lowest BCUT2D eigenvalue weighted by molar-refractivity contribution is -0.139. The average Bonchev–Trinajstić information content (AvgIpc) is 2.71. The standard InChI is InChI=1S/C23H21NO5/c1-2-29-20(25)13-7-12-19(23(27)28)24-22(26)21-17-10-5-3-8-15(17)14-16-9-4-6-11-18(16)21/h3-11,13-14,19H,2,12H2,1H3,(H,24,26)(H,27,28)/b13-7+/t19-/m0/s1. The highest BCUT2D eigenvalue weighted by Gasteiger charge is 2.22. The molecule has 0 aliphatic carbocycles. The summed E-state index contributed by atoms with van der Waals surface area (Å²) >= 11 is 0. The van der Waals surface area contributed by atoms with Gasteiger partial charge in [-0.2, -0.15) is 0 Å². The highest BCUT2D eigenvalue weighted by atomic mass is 16.5. The zero-order valence-corrected chi connectivity index (χ0v) is 15.9. The van der Waals surface area contributed by atoms with E-state index in [1.165, 1.54) is 12.2 Å². The number of nitrogens with one attached hydrogen (secondary N) is 1. The number of benzene rings is 3. The van der Waals surface area contributed by atoms with E-state index in [1.54, 1.807) is 6.92 Å². The molecule has 0 heterocycles. The zero-order valence-electron chi connectivity index (χ0n) is 15.9. The van der Waals surface area contributed by atoms with E-state index in [1.807, 2.05) is 54.6 Å². The van der Waals surface area contributed by atoms with Crippen LogP contribution in [0, 0.1) is 0 Å². The summed E-state index contributed by atoms with van der Waals surface area (Å²) in [6, 6.07) is 15.8. The molecule has 0 saturated heterocycles. The van der Waals surface area contributed by atoms with Crippen LogP contribution in [0.1, 0.15) is 23.7 Å². The molecule has 29 heavy (non-hydrogen) atoms. The molecule has 0 aromatic heterocycles. The van der Waals surface area contributed by atoms with Gasteiger partial charge in [-0.25, -0.2) is 9.59 Å². The summed E-state index contributed by atoms with van der Waals surface area (Å²) in [5.74, 6) is -2.21. The van der Waals surface area contributed by atoms with E-state index in [0.717, 1.165) is 21.5 Å². The number of esters is 1. The molecule has 0 aliphatic heterocycles. The van der Waals surface area contributed by atoms with Gasteiger partial charge in [-0.3, -0.25) is 4.79 Å². The average molecular weight is 391 g/mol. The Bertz CT molecular complexity index is 1050. The summed E-state index contributed by atoms with van der Waals surface area (Å²) in [5, 5.41) is 15.4. The second-order valence-electron chi connectivity index (χ2n) is 6.45. The monoisotopic (exact) mass is 391 g/mol. The Morgan fingerprint density at radius 1 is 1.03 bits per heavy atom. The SMILES string of the molecule is CCOC(=O)/C=C/C[C@H](NC(=O)c1c2ccccc2cc2ccccc12)C(=O)O. The van der Waals surface area contributed by atoms with Crippen LogP contribution in [0.4, 0.5) is 0 Å². The maximum atomic E-state index is 13.1. The molecule has 0 bridgehead atoms. The van der Waals surface area contributed by atoms with Gasteiger partial charge in [-0.15, -0.1) is 0 Å². The van der Waals surface area contributed by atoms with E-state index in [4.69, 9.17) is 4.74 Å². The highest BCUT2D eigenvalue weighted by Crippen LogP contribution is 2.28. The van der Waals surface area contributed by atoms with Crippen molar-refractivity contribution >= 4 is 39.4 Å². The second-order valence-corrected chi connectivity index (χ2v) is 6.45. The van der Waals surface area contributed by atoms with Gasteiger partial charge in [0.1, 0.15) is 6.04 Å². The number of carbonyl (C=O) groups excluding carboxylic acids is 2. The second kappa shape index (κ2) is 9.01. The molecular formula is C23H21NO5. The Morgan fingerprint density at radius 2 is 1.62 bits per heavy atom. The third-order valence-corrected chi connectivity index (χ3v) is 4.51. The minimum atomic E-state index is -1.18. The molecule has 3 rings (SSSR count). The molecule has 0 fully saturated rings.